The van der Waals surface area contributed by atoms with Gasteiger partial charge in [-0.2, -0.15) is 0 Å². The molecule has 0 bridgehead atoms. The van der Waals surface area contributed by atoms with E-state index >= 15 is 0 Å². The minimum absolute atomic E-state index is 0.386. The van der Waals surface area contributed by atoms with Crippen LogP contribution in [0.25, 0.3) is 0 Å². The largest absolute Gasteiger partial charge is 0.303 e. The lowest BCUT2D eigenvalue weighted by Gasteiger charge is -2.27. The van der Waals surface area contributed by atoms with Crippen molar-refractivity contribution in [2.24, 2.45) is 0 Å². The predicted molar refractivity (Wildman–Crippen MR) is 98.4 cm³/mol. The van der Waals surface area contributed by atoms with Gasteiger partial charge < -0.3 is 5.32 Å². The molecule has 0 saturated carbocycles. The molecule has 0 radical (unpaired) electrons. The topological polar surface area (TPSA) is 12.0 Å². The molecule has 4 heteroatoms. The van der Waals surface area contributed by atoms with E-state index in [4.69, 9.17) is 0 Å². The number of halogens is 2. The minimum Gasteiger partial charge on any atom is -0.303 e. The van der Waals surface area contributed by atoms with E-state index in [0.29, 0.717) is 12.1 Å². The second-order valence-electron chi connectivity index (χ2n) is 5.31. The summed E-state index contributed by atoms with van der Waals surface area (Å²) in [4.78, 5) is 1.58. The number of aryl methyl sites for hydroxylation is 1. The first-order chi connectivity index (χ1) is 9.63. The van der Waals surface area contributed by atoms with Crippen molar-refractivity contribution >= 4 is 49.9 Å². The van der Waals surface area contributed by atoms with Gasteiger partial charge >= 0.3 is 0 Å². The summed E-state index contributed by atoms with van der Waals surface area (Å²) in [7, 11) is 0. The molecule has 106 valence electrons. The van der Waals surface area contributed by atoms with Gasteiger partial charge in [0.15, 0.2) is 0 Å². The Morgan fingerprint density at radius 3 is 2.85 bits per heavy atom. The number of benzene rings is 1. The van der Waals surface area contributed by atoms with Gasteiger partial charge in [-0.05, 0) is 78.1 Å². The van der Waals surface area contributed by atoms with Crippen LogP contribution in [0.2, 0.25) is 0 Å². The Hall–Kier alpha value is 0.0900. The molecule has 1 unspecified atom stereocenters. The monoisotopic (exact) mass is 461 g/mol. The Labute approximate surface area is 146 Å². The molecule has 1 aliphatic rings. The number of fused-ring (bicyclic) bond motifs is 1. The van der Waals surface area contributed by atoms with Crippen molar-refractivity contribution in [1.82, 2.24) is 5.32 Å². The van der Waals surface area contributed by atoms with Crippen LogP contribution in [0.3, 0.4) is 0 Å². The zero-order valence-electron chi connectivity index (χ0n) is 11.3. The van der Waals surface area contributed by atoms with Crippen LogP contribution < -0.4 is 5.32 Å². The Bertz CT molecular complexity index is 593. The summed E-state index contributed by atoms with van der Waals surface area (Å²) in [6, 6.07) is 11.9. The Morgan fingerprint density at radius 1 is 1.35 bits per heavy atom. The summed E-state index contributed by atoms with van der Waals surface area (Å²) in [5, 5.41) is 3.81. The lowest BCUT2D eigenvalue weighted by molar-refractivity contribution is 0.418. The zero-order valence-corrected chi connectivity index (χ0v) is 15.9. The Kier molecular flexibility index (Phi) is 4.85. The first-order valence-corrected chi connectivity index (χ1v) is 9.62. The van der Waals surface area contributed by atoms with Crippen LogP contribution in [0, 0.1) is 2.88 Å². The molecule has 0 saturated heterocycles. The fourth-order valence-corrected chi connectivity index (χ4v) is 5.23. The van der Waals surface area contributed by atoms with Crippen LogP contribution in [-0.2, 0) is 6.42 Å². The SMILES string of the molecule is C[C@@H](NC1CCCc2sc(I)cc21)c1ccc(Br)cc1. The maximum absolute atomic E-state index is 3.81. The van der Waals surface area contributed by atoms with Crippen LogP contribution in [0.1, 0.15) is 47.9 Å². The fraction of sp³-hybridized carbons (Fsp3) is 0.375. The highest BCUT2D eigenvalue weighted by molar-refractivity contribution is 14.1. The molecule has 2 aromatic rings. The van der Waals surface area contributed by atoms with Crippen molar-refractivity contribution in [3.63, 3.8) is 0 Å². The van der Waals surface area contributed by atoms with Gasteiger partial charge in [-0.1, -0.05) is 28.1 Å². The number of hydrogen-bond acceptors (Lipinski definition) is 2. The summed E-state index contributed by atoms with van der Waals surface area (Å²) in [5.41, 5.74) is 2.89. The van der Waals surface area contributed by atoms with Gasteiger partial charge in [-0.25, -0.2) is 0 Å². The molecule has 20 heavy (non-hydrogen) atoms. The van der Waals surface area contributed by atoms with Crippen LogP contribution in [-0.4, -0.2) is 0 Å². The van der Waals surface area contributed by atoms with E-state index in [1.165, 1.54) is 33.3 Å². The third-order valence-electron chi connectivity index (χ3n) is 3.90. The number of thiophene rings is 1. The summed E-state index contributed by atoms with van der Waals surface area (Å²) >= 11 is 7.90. The van der Waals surface area contributed by atoms with Gasteiger partial charge in [0.2, 0.25) is 0 Å². The van der Waals surface area contributed by atoms with Crippen molar-refractivity contribution in [2.45, 2.75) is 38.3 Å². The van der Waals surface area contributed by atoms with Crippen LogP contribution in [0.5, 0.6) is 0 Å². The van der Waals surface area contributed by atoms with Gasteiger partial charge in [0.1, 0.15) is 0 Å². The van der Waals surface area contributed by atoms with Gasteiger partial charge in [0.05, 0.1) is 2.88 Å². The maximum atomic E-state index is 3.81. The molecule has 1 aromatic carbocycles. The fourth-order valence-electron chi connectivity index (χ4n) is 2.84. The average molecular weight is 462 g/mol. The van der Waals surface area contributed by atoms with Crippen molar-refractivity contribution in [2.75, 3.05) is 0 Å². The van der Waals surface area contributed by atoms with Gasteiger partial charge in [0, 0.05) is 21.4 Å². The molecule has 1 aromatic heterocycles. The Balaban J connectivity index is 1.76. The summed E-state index contributed by atoms with van der Waals surface area (Å²) in [6.07, 6.45) is 3.81. The highest BCUT2D eigenvalue weighted by Gasteiger charge is 2.23. The molecule has 0 fully saturated rings. The highest BCUT2D eigenvalue weighted by atomic mass is 127. The van der Waals surface area contributed by atoms with E-state index in [1.807, 2.05) is 11.3 Å². The average Bonchev–Trinajstić information content (AvgIpc) is 2.81. The van der Waals surface area contributed by atoms with E-state index < -0.39 is 0 Å². The van der Waals surface area contributed by atoms with Crippen molar-refractivity contribution in [1.29, 1.82) is 0 Å². The molecule has 0 spiro atoms. The van der Waals surface area contributed by atoms with E-state index in [-0.39, 0.29) is 0 Å². The second-order valence-corrected chi connectivity index (χ2v) is 9.26. The summed E-state index contributed by atoms with van der Waals surface area (Å²) in [6.45, 7) is 2.26. The zero-order chi connectivity index (χ0) is 14.1. The maximum Gasteiger partial charge on any atom is 0.0659 e. The molecule has 1 aliphatic carbocycles. The molecule has 1 N–H and O–H groups in total. The molecule has 2 atom stereocenters. The molecule has 3 rings (SSSR count). The molecule has 1 nitrogen and oxygen atoms in total. The molecule has 0 aliphatic heterocycles. The first-order valence-electron chi connectivity index (χ1n) is 6.93. The highest BCUT2D eigenvalue weighted by Crippen LogP contribution is 2.37. The predicted octanol–water partition coefficient (Wildman–Crippen LogP) is 5.84. The number of rotatable bonds is 3. The van der Waals surface area contributed by atoms with Crippen LogP contribution >= 0.6 is 49.9 Å². The summed E-state index contributed by atoms with van der Waals surface area (Å²) in [5.74, 6) is 0. The quantitative estimate of drug-likeness (QED) is 0.566. The minimum atomic E-state index is 0.386. The van der Waals surface area contributed by atoms with Crippen molar-refractivity contribution < 1.29 is 0 Å². The smallest absolute Gasteiger partial charge is 0.0659 e. The van der Waals surface area contributed by atoms with E-state index in [9.17, 15) is 0 Å². The van der Waals surface area contributed by atoms with E-state index in [1.54, 1.807) is 4.88 Å². The molecule has 1 heterocycles. The number of hydrogen-bond donors (Lipinski definition) is 1. The van der Waals surface area contributed by atoms with Gasteiger partial charge in [-0.3, -0.25) is 0 Å². The normalized spacial score (nSPS) is 19.6. The third-order valence-corrected chi connectivity index (χ3v) is 6.40. The Morgan fingerprint density at radius 2 is 2.10 bits per heavy atom. The van der Waals surface area contributed by atoms with Crippen LogP contribution in [0.15, 0.2) is 34.8 Å². The van der Waals surface area contributed by atoms with Crippen LogP contribution in [0.4, 0.5) is 0 Å². The first kappa shape index (κ1) is 15.0. The van der Waals surface area contributed by atoms with Gasteiger partial charge in [0.25, 0.3) is 0 Å². The molecular weight excluding hydrogens is 445 g/mol. The number of nitrogens with one attached hydrogen (secondary N) is 1. The molecule has 0 amide bonds. The van der Waals surface area contributed by atoms with E-state index in [2.05, 4.69) is 81.1 Å². The van der Waals surface area contributed by atoms with Crippen molar-refractivity contribution in [3.8, 4) is 0 Å². The third kappa shape index (κ3) is 3.29. The lowest BCUT2D eigenvalue weighted by atomic mass is 9.93. The van der Waals surface area contributed by atoms with Gasteiger partial charge in [-0.15, -0.1) is 11.3 Å². The van der Waals surface area contributed by atoms with E-state index in [0.717, 1.165) is 4.47 Å². The second kappa shape index (κ2) is 6.46. The standard InChI is InChI=1S/C16H17BrINS/c1-10(11-5-7-12(17)8-6-11)19-14-3-2-4-15-13(14)9-16(18)20-15/h5-10,14,19H,2-4H2,1H3/t10-,14?/m1/s1. The summed E-state index contributed by atoms with van der Waals surface area (Å²) < 4.78 is 2.55. The van der Waals surface area contributed by atoms with Crippen molar-refractivity contribution in [3.05, 3.63) is 53.7 Å². The molecular formula is C16H17BrINS. The lowest BCUT2D eigenvalue weighted by Crippen LogP contribution is -2.27.